The number of carbonyl (C=O) groups is 1. The second kappa shape index (κ2) is 10.3. The summed E-state index contributed by atoms with van der Waals surface area (Å²) in [6, 6.07) is 7.91. The number of hydrogen-bond acceptors (Lipinski definition) is 7. The molecule has 0 aliphatic carbocycles. The lowest BCUT2D eigenvalue weighted by Crippen LogP contribution is -2.36. The summed E-state index contributed by atoms with van der Waals surface area (Å²) in [6.45, 7) is 4.87. The average molecular weight is 415 g/mol. The Morgan fingerprint density at radius 2 is 1.73 bits per heavy atom. The van der Waals surface area contributed by atoms with Crippen LogP contribution in [0.15, 0.2) is 30.5 Å². The molecule has 2 heterocycles. The molecule has 0 N–H and O–H groups in total. The van der Waals surface area contributed by atoms with E-state index in [0.717, 1.165) is 43.7 Å². The van der Waals surface area contributed by atoms with Crippen LogP contribution in [0.3, 0.4) is 0 Å². The molecule has 0 atom stereocenters. The molecule has 0 unspecified atom stereocenters. The number of likely N-dealkylation sites (tertiary alicyclic amines) is 1. The molecule has 0 bridgehead atoms. The molecule has 1 saturated heterocycles. The average Bonchev–Trinajstić information content (AvgIpc) is 2.78. The van der Waals surface area contributed by atoms with Crippen molar-refractivity contribution in [1.82, 2.24) is 9.88 Å². The molecule has 7 nitrogen and oxygen atoms in total. The summed E-state index contributed by atoms with van der Waals surface area (Å²) in [5, 5.41) is 0. The third kappa shape index (κ3) is 5.02. The van der Waals surface area contributed by atoms with E-state index >= 15 is 0 Å². The molecule has 1 fully saturated rings. The molecule has 162 valence electrons. The van der Waals surface area contributed by atoms with Crippen LogP contribution in [0.4, 0.5) is 0 Å². The summed E-state index contributed by atoms with van der Waals surface area (Å²) >= 11 is 0. The van der Waals surface area contributed by atoms with Gasteiger partial charge in [0.05, 0.1) is 39.5 Å². The summed E-state index contributed by atoms with van der Waals surface area (Å²) in [5.74, 6) is 1.71. The maximum Gasteiger partial charge on any atom is 0.309 e. The molecule has 1 aromatic carbocycles. The van der Waals surface area contributed by atoms with Crippen LogP contribution in [0.2, 0.25) is 0 Å². The van der Waals surface area contributed by atoms with E-state index in [4.69, 9.17) is 18.9 Å². The first-order chi connectivity index (χ1) is 14.6. The van der Waals surface area contributed by atoms with Gasteiger partial charge >= 0.3 is 5.97 Å². The van der Waals surface area contributed by atoms with Gasteiger partial charge in [-0.05, 0) is 62.7 Å². The number of rotatable bonds is 8. The first-order valence-corrected chi connectivity index (χ1v) is 10.2. The number of aromatic nitrogens is 1. The lowest BCUT2D eigenvalue weighted by molar-refractivity contribution is -0.149. The number of carbonyl (C=O) groups excluding carboxylic acids is 1. The van der Waals surface area contributed by atoms with Gasteiger partial charge in [0, 0.05) is 18.3 Å². The van der Waals surface area contributed by atoms with Crippen LogP contribution in [-0.4, -0.2) is 56.9 Å². The van der Waals surface area contributed by atoms with Gasteiger partial charge in [-0.3, -0.25) is 14.7 Å². The standard InChI is InChI=1S/C23H30N2O5/c1-5-30-23(26)17-7-10-25(11-8-17)15-16-6-9-24-19(12-16)18-13-20(27-2)22(29-4)21(14-18)28-3/h6,9,12-14,17H,5,7-8,10-11,15H2,1-4H3. The van der Waals surface area contributed by atoms with Crippen molar-refractivity contribution >= 4 is 5.97 Å². The Labute approximate surface area is 177 Å². The highest BCUT2D eigenvalue weighted by Crippen LogP contribution is 2.40. The van der Waals surface area contributed by atoms with E-state index in [-0.39, 0.29) is 11.9 Å². The third-order valence-electron chi connectivity index (χ3n) is 5.40. The number of hydrogen-bond donors (Lipinski definition) is 0. The summed E-state index contributed by atoms with van der Waals surface area (Å²) in [5.41, 5.74) is 2.91. The Bertz CT molecular complexity index is 837. The number of pyridine rings is 1. The molecule has 1 aliphatic rings. The van der Waals surface area contributed by atoms with Gasteiger partial charge in [-0.15, -0.1) is 0 Å². The summed E-state index contributed by atoms with van der Waals surface area (Å²) in [7, 11) is 4.79. The Kier molecular flexibility index (Phi) is 7.52. The SMILES string of the molecule is CCOC(=O)C1CCN(Cc2ccnc(-c3cc(OC)c(OC)c(OC)c3)c2)CC1. The van der Waals surface area contributed by atoms with Crippen molar-refractivity contribution in [2.75, 3.05) is 41.0 Å². The quantitative estimate of drug-likeness (QED) is 0.612. The zero-order valence-electron chi connectivity index (χ0n) is 18.1. The van der Waals surface area contributed by atoms with Gasteiger partial charge in [0.15, 0.2) is 11.5 Å². The highest BCUT2D eigenvalue weighted by Gasteiger charge is 2.26. The zero-order valence-corrected chi connectivity index (χ0v) is 18.1. The van der Waals surface area contributed by atoms with Crippen LogP contribution in [0.25, 0.3) is 11.3 Å². The number of esters is 1. The lowest BCUT2D eigenvalue weighted by Gasteiger charge is -2.30. The Morgan fingerprint density at radius 3 is 2.30 bits per heavy atom. The maximum atomic E-state index is 11.9. The first kappa shape index (κ1) is 21.9. The van der Waals surface area contributed by atoms with Crippen molar-refractivity contribution in [3.63, 3.8) is 0 Å². The van der Waals surface area contributed by atoms with Crippen molar-refractivity contribution < 1.29 is 23.7 Å². The summed E-state index contributed by atoms with van der Waals surface area (Å²) < 4.78 is 21.5. The van der Waals surface area contributed by atoms with E-state index in [2.05, 4.69) is 16.0 Å². The van der Waals surface area contributed by atoms with Crippen molar-refractivity contribution in [2.24, 2.45) is 5.92 Å². The normalized spacial score (nSPS) is 14.9. The largest absolute Gasteiger partial charge is 0.493 e. The first-order valence-electron chi connectivity index (χ1n) is 10.2. The Morgan fingerprint density at radius 1 is 1.07 bits per heavy atom. The van der Waals surface area contributed by atoms with Crippen LogP contribution < -0.4 is 14.2 Å². The minimum atomic E-state index is -0.0641. The van der Waals surface area contributed by atoms with Crippen molar-refractivity contribution in [3.05, 3.63) is 36.0 Å². The molecule has 0 spiro atoms. The van der Waals surface area contributed by atoms with Gasteiger partial charge in [-0.2, -0.15) is 0 Å². The summed E-state index contributed by atoms with van der Waals surface area (Å²) in [6.07, 6.45) is 3.49. The number of benzene rings is 1. The number of nitrogens with zero attached hydrogens (tertiary/aromatic N) is 2. The zero-order chi connectivity index (χ0) is 21.5. The molecule has 2 aromatic rings. The van der Waals surface area contributed by atoms with E-state index in [1.54, 1.807) is 21.3 Å². The molecule has 0 amide bonds. The highest BCUT2D eigenvalue weighted by molar-refractivity contribution is 5.72. The second-order valence-electron chi connectivity index (χ2n) is 7.27. The van der Waals surface area contributed by atoms with Gasteiger partial charge in [-0.25, -0.2) is 0 Å². The fourth-order valence-corrected chi connectivity index (χ4v) is 3.80. The third-order valence-corrected chi connectivity index (χ3v) is 5.40. The predicted octanol–water partition coefficient (Wildman–Crippen LogP) is 3.55. The van der Waals surface area contributed by atoms with E-state index in [9.17, 15) is 4.79 Å². The van der Waals surface area contributed by atoms with Gasteiger partial charge in [0.25, 0.3) is 0 Å². The highest BCUT2D eigenvalue weighted by atomic mass is 16.5. The van der Waals surface area contributed by atoms with Gasteiger partial charge in [-0.1, -0.05) is 0 Å². The van der Waals surface area contributed by atoms with E-state index in [1.807, 2.05) is 31.3 Å². The lowest BCUT2D eigenvalue weighted by atomic mass is 9.96. The number of piperidine rings is 1. The fraction of sp³-hybridized carbons (Fsp3) is 0.478. The second-order valence-corrected chi connectivity index (χ2v) is 7.27. The fourth-order valence-electron chi connectivity index (χ4n) is 3.80. The van der Waals surface area contributed by atoms with Crippen molar-refractivity contribution in [1.29, 1.82) is 0 Å². The molecule has 7 heteroatoms. The molecule has 1 aliphatic heterocycles. The molecule has 1 aromatic heterocycles. The van der Waals surface area contributed by atoms with Crippen LogP contribution in [-0.2, 0) is 16.1 Å². The molecule has 30 heavy (non-hydrogen) atoms. The van der Waals surface area contributed by atoms with Crippen LogP contribution in [0, 0.1) is 5.92 Å². The van der Waals surface area contributed by atoms with Crippen LogP contribution in [0.1, 0.15) is 25.3 Å². The maximum absolute atomic E-state index is 11.9. The number of methoxy groups -OCH3 is 3. The topological polar surface area (TPSA) is 70.1 Å². The van der Waals surface area contributed by atoms with Gasteiger partial charge < -0.3 is 18.9 Å². The Balaban J connectivity index is 1.72. The monoisotopic (exact) mass is 414 g/mol. The van der Waals surface area contributed by atoms with E-state index in [1.165, 1.54) is 5.56 Å². The molecular formula is C23H30N2O5. The van der Waals surface area contributed by atoms with E-state index < -0.39 is 0 Å². The van der Waals surface area contributed by atoms with Gasteiger partial charge in [0.2, 0.25) is 5.75 Å². The molecule has 0 radical (unpaired) electrons. The molecule has 0 saturated carbocycles. The van der Waals surface area contributed by atoms with Crippen molar-refractivity contribution in [3.8, 4) is 28.5 Å². The van der Waals surface area contributed by atoms with Crippen LogP contribution in [0.5, 0.6) is 17.2 Å². The predicted molar refractivity (Wildman–Crippen MR) is 114 cm³/mol. The molecular weight excluding hydrogens is 384 g/mol. The minimum Gasteiger partial charge on any atom is -0.493 e. The van der Waals surface area contributed by atoms with Gasteiger partial charge in [0.1, 0.15) is 0 Å². The van der Waals surface area contributed by atoms with Crippen LogP contribution >= 0.6 is 0 Å². The smallest absolute Gasteiger partial charge is 0.309 e. The molecule has 3 rings (SSSR count). The number of ether oxygens (including phenoxy) is 4. The van der Waals surface area contributed by atoms with E-state index in [0.29, 0.717) is 23.9 Å². The minimum absolute atomic E-state index is 0.0217. The van der Waals surface area contributed by atoms with Crippen molar-refractivity contribution in [2.45, 2.75) is 26.3 Å². The summed E-state index contributed by atoms with van der Waals surface area (Å²) in [4.78, 5) is 18.8. The Hall–Kier alpha value is -2.80.